The Kier molecular flexibility index (Phi) is 4.34. The van der Waals surface area contributed by atoms with Crippen molar-refractivity contribution in [2.24, 2.45) is 5.92 Å². The summed E-state index contributed by atoms with van der Waals surface area (Å²) < 4.78 is 6.89. The van der Waals surface area contributed by atoms with E-state index in [9.17, 15) is 4.79 Å². The van der Waals surface area contributed by atoms with Crippen molar-refractivity contribution in [3.8, 4) is 10.4 Å². The average Bonchev–Trinajstić information content (AvgIpc) is 3.23. The van der Waals surface area contributed by atoms with Gasteiger partial charge in [-0.05, 0) is 42.3 Å². The van der Waals surface area contributed by atoms with Crippen LogP contribution in [-0.2, 0) is 11.2 Å². The van der Waals surface area contributed by atoms with Crippen molar-refractivity contribution in [3.63, 3.8) is 0 Å². The van der Waals surface area contributed by atoms with E-state index in [2.05, 4.69) is 43.0 Å². The van der Waals surface area contributed by atoms with Gasteiger partial charge in [0.1, 0.15) is 5.00 Å². The molecular formula is C22H23NO2S2. The number of Topliss-reactive ketones (excluding diaryl/α,β-unsaturated/α-hetero) is 1. The van der Waals surface area contributed by atoms with E-state index in [0.717, 1.165) is 37.6 Å². The molecule has 27 heavy (non-hydrogen) atoms. The van der Waals surface area contributed by atoms with Gasteiger partial charge in [-0.15, -0.1) is 22.7 Å². The molecule has 0 saturated carbocycles. The Balaban J connectivity index is 1.71. The van der Waals surface area contributed by atoms with Crippen LogP contribution in [0, 0.1) is 12.8 Å². The fourth-order valence-corrected chi connectivity index (χ4v) is 6.76. The first-order chi connectivity index (χ1) is 13.1. The van der Waals surface area contributed by atoms with Crippen LogP contribution in [0.2, 0.25) is 0 Å². The Hall–Kier alpha value is -1.69. The van der Waals surface area contributed by atoms with Gasteiger partial charge in [-0.25, -0.2) is 0 Å². The molecular weight excluding hydrogens is 374 g/mol. The molecule has 5 heteroatoms. The van der Waals surface area contributed by atoms with Gasteiger partial charge in [0.05, 0.1) is 18.1 Å². The van der Waals surface area contributed by atoms with E-state index < -0.39 is 0 Å². The van der Waals surface area contributed by atoms with Gasteiger partial charge >= 0.3 is 0 Å². The van der Waals surface area contributed by atoms with Crippen LogP contribution in [-0.4, -0.2) is 32.1 Å². The molecule has 3 nitrogen and oxygen atoms in total. The van der Waals surface area contributed by atoms with Crippen LogP contribution < -0.4 is 4.90 Å². The SMILES string of the molecule is Cc1ccc2sc(-c3c(N4CCOCC4)sc4c3CC(C)CC4=O)cc2c1. The van der Waals surface area contributed by atoms with Gasteiger partial charge < -0.3 is 9.64 Å². The highest BCUT2D eigenvalue weighted by Crippen LogP contribution is 2.49. The molecule has 1 fully saturated rings. The summed E-state index contributed by atoms with van der Waals surface area (Å²) in [6, 6.07) is 8.99. The van der Waals surface area contributed by atoms with Crippen molar-refractivity contribution < 1.29 is 9.53 Å². The number of nitrogens with zero attached hydrogens (tertiary/aromatic N) is 1. The van der Waals surface area contributed by atoms with Crippen molar-refractivity contribution in [3.05, 3.63) is 40.3 Å². The first-order valence-corrected chi connectivity index (χ1v) is 11.3. The molecule has 3 aromatic rings. The van der Waals surface area contributed by atoms with Crippen molar-refractivity contribution in [2.45, 2.75) is 26.7 Å². The van der Waals surface area contributed by atoms with Crippen LogP contribution in [0.25, 0.3) is 20.5 Å². The third-order valence-corrected chi connectivity index (χ3v) is 8.01. The number of fused-ring (bicyclic) bond motifs is 2. The zero-order valence-electron chi connectivity index (χ0n) is 15.7. The first-order valence-electron chi connectivity index (χ1n) is 9.62. The van der Waals surface area contributed by atoms with E-state index in [1.165, 1.54) is 36.7 Å². The third kappa shape index (κ3) is 3.02. The van der Waals surface area contributed by atoms with Gasteiger partial charge in [0.25, 0.3) is 0 Å². The van der Waals surface area contributed by atoms with Crippen LogP contribution in [0.4, 0.5) is 5.00 Å². The Morgan fingerprint density at radius 2 is 1.93 bits per heavy atom. The zero-order chi connectivity index (χ0) is 18.5. The van der Waals surface area contributed by atoms with Gasteiger partial charge in [0, 0.05) is 34.7 Å². The number of carbonyl (C=O) groups is 1. The van der Waals surface area contributed by atoms with Crippen LogP contribution >= 0.6 is 22.7 Å². The number of aryl methyl sites for hydroxylation is 1. The van der Waals surface area contributed by atoms with Gasteiger partial charge in [-0.2, -0.15) is 0 Å². The lowest BCUT2D eigenvalue weighted by Gasteiger charge is -2.28. The second-order valence-electron chi connectivity index (χ2n) is 7.78. The fraction of sp³-hybridized carbons (Fsp3) is 0.409. The highest BCUT2D eigenvalue weighted by atomic mass is 32.1. The van der Waals surface area contributed by atoms with Crippen LogP contribution in [0.1, 0.15) is 34.1 Å². The molecule has 1 unspecified atom stereocenters. The molecule has 2 aliphatic rings. The van der Waals surface area contributed by atoms with Gasteiger partial charge in [0.15, 0.2) is 5.78 Å². The minimum atomic E-state index is 0.325. The zero-order valence-corrected chi connectivity index (χ0v) is 17.3. The molecule has 140 valence electrons. The van der Waals surface area contributed by atoms with Crippen molar-refractivity contribution in [1.82, 2.24) is 0 Å². The molecule has 1 aromatic carbocycles. The lowest BCUT2D eigenvalue weighted by Crippen LogP contribution is -2.35. The molecule has 3 heterocycles. The molecule has 0 bridgehead atoms. The van der Waals surface area contributed by atoms with E-state index in [1.54, 1.807) is 11.3 Å². The standard InChI is InChI=1S/C22H23NO2S2/c1-13-3-4-18-15(9-13)12-19(26-18)20-16-10-14(2)11-17(24)21(16)27-22(20)23-5-7-25-8-6-23/h3-4,9,12,14H,5-8,10-11H2,1-2H3. The number of benzene rings is 1. The quantitative estimate of drug-likeness (QED) is 0.569. The number of hydrogen-bond acceptors (Lipinski definition) is 5. The smallest absolute Gasteiger partial charge is 0.173 e. The van der Waals surface area contributed by atoms with Crippen molar-refractivity contribution in [1.29, 1.82) is 0 Å². The number of hydrogen-bond donors (Lipinski definition) is 0. The predicted octanol–water partition coefficient (Wildman–Crippen LogP) is 5.54. The number of thiophene rings is 2. The maximum atomic E-state index is 12.8. The summed E-state index contributed by atoms with van der Waals surface area (Å²) in [6.45, 7) is 7.67. The predicted molar refractivity (Wildman–Crippen MR) is 115 cm³/mol. The van der Waals surface area contributed by atoms with Gasteiger partial charge in [-0.1, -0.05) is 24.6 Å². The maximum Gasteiger partial charge on any atom is 0.173 e. The largest absolute Gasteiger partial charge is 0.378 e. The molecule has 1 aliphatic heterocycles. The molecule has 2 aromatic heterocycles. The second-order valence-corrected chi connectivity index (χ2v) is 9.86. The van der Waals surface area contributed by atoms with Gasteiger partial charge in [-0.3, -0.25) is 4.79 Å². The molecule has 1 saturated heterocycles. The van der Waals surface area contributed by atoms with E-state index in [-0.39, 0.29) is 0 Å². The third-order valence-electron chi connectivity index (χ3n) is 5.54. The molecule has 5 rings (SSSR count). The summed E-state index contributed by atoms with van der Waals surface area (Å²) in [4.78, 5) is 17.5. The maximum absolute atomic E-state index is 12.8. The Bertz CT molecular complexity index is 1030. The number of ketones is 1. The van der Waals surface area contributed by atoms with E-state index in [4.69, 9.17) is 4.74 Å². The Labute approximate surface area is 167 Å². The van der Waals surface area contributed by atoms with E-state index in [1.807, 2.05) is 11.3 Å². The molecule has 0 N–H and O–H groups in total. The van der Waals surface area contributed by atoms with Crippen LogP contribution in [0.3, 0.4) is 0 Å². The topological polar surface area (TPSA) is 29.5 Å². The summed E-state index contributed by atoms with van der Waals surface area (Å²) in [7, 11) is 0. The number of anilines is 1. The molecule has 1 aliphatic carbocycles. The van der Waals surface area contributed by atoms with Crippen LogP contribution in [0.5, 0.6) is 0 Å². The molecule has 0 spiro atoms. The van der Waals surface area contributed by atoms with Crippen molar-refractivity contribution >= 4 is 43.5 Å². The summed E-state index contributed by atoms with van der Waals surface area (Å²) in [5.41, 5.74) is 3.89. The summed E-state index contributed by atoms with van der Waals surface area (Å²) >= 11 is 3.57. The lowest BCUT2D eigenvalue weighted by atomic mass is 9.86. The van der Waals surface area contributed by atoms with Gasteiger partial charge in [0.2, 0.25) is 0 Å². The number of carbonyl (C=O) groups excluding carboxylic acids is 1. The summed E-state index contributed by atoms with van der Waals surface area (Å²) in [5, 5.41) is 2.58. The Morgan fingerprint density at radius 3 is 2.74 bits per heavy atom. The van der Waals surface area contributed by atoms with E-state index >= 15 is 0 Å². The summed E-state index contributed by atoms with van der Waals surface area (Å²) in [6.07, 6.45) is 1.69. The molecule has 0 amide bonds. The Morgan fingerprint density at radius 1 is 1.11 bits per heavy atom. The number of ether oxygens (including phenoxy) is 1. The van der Waals surface area contributed by atoms with Crippen LogP contribution in [0.15, 0.2) is 24.3 Å². The average molecular weight is 398 g/mol. The minimum Gasteiger partial charge on any atom is -0.378 e. The normalized spacial score (nSPS) is 20.3. The highest BCUT2D eigenvalue weighted by molar-refractivity contribution is 7.23. The minimum absolute atomic E-state index is 0.325. The monoisotopic (exact) mass is 397 g/mol. The number of morpholine rings is 1. The first kappa shape index (κ1) is 17.4. The highest BCUT2D eigenvalue weighted by Gasteiger charge is 2.32. The number of rotatable bonds is 2. The lowest BCUT2D eigenvalue weighted by molar-refractivity contribution is 0.0958. The fourth-order valence-electron chi connectivity index (χ4n) is 4.23. The molecule has 1 atom stereocenters. The second kappa shape index (κ2) is 6.73. The summed E-state index contributed by atoms with van der Waals surface area (Å²) in [5.74, 6) is 0.749. The molecule has 0 radical (unpaired) electrons. The van der Waals surface area contributed by atoms with E-state index in [0.29, 0.717) is 18.1 Å². The van der Waals surface area contributed by atoms with Crippen molar-refractivity contribution in [2.75, 3.05) is 31.2 Å².